The van der Waals surface area contributed by atoms with Crippen LogP contribution in [0.3, 0.4) is 0 Å². The Morgan fingerprint density at radius 1 is 1.20 bits per heavy atom. The number of alkyl halides is 2. The van der Waals surface area contributed by atoms with Gasteiger partial charge in [-0.05, 0) is 24.6 Å². The zero-order valence-electron chi connectivity index (χ0n) is 16.2. The molecule has 0 amide bonds. The SMILES string of the molecule is COC1C=C2C(=CC1)n1cnc(C(F)F)c1Cn1c(COc3ccccc3)nnc12. The first-order chi connectivity index (χ1) is 14.7. The second-order valence-corrected chi connectivity index (χ2v) is 7.05. The van der Waals surface area contributed by atoms with Crippen LogP contribution in [-0.2, 0) is 17.9 Å². The van der Waals surface area contributed by atoms with E-state index in [9.17, 15) is 8.78 Å². The average Bonchev–Trinajstić information content (AvgIpc) is 3.34. The Hall–Kier alpha value is -3.33. The van der Waals surface area contributed by atoms with Gasteiger partial charge in [0.25, 0.3) is 6.43 Å². The molecule has 5 rings (SSSR count). The Morgan fingerprint density at radius 2 is 2.03 bits per heavy atom. The highest BCUT2D eigenvalue weighted by atomic mass is 19.3. The first kappa shape index (κ1) is 18.7. The molecule has 2 aromatic heterocycles. The van der Waals surface area contributed by atoms with E-state index in [1.54, 1.807) is 11.7 Å². The van der Waals surface area contributed by atoms with E-state index in [1.165, 1.54) is 6.33 Å². The Morgan fingerprint density at radius 3 is 2.80 bits per heavy atom. The van der Waals surface area contributed by atoms with Gasteiger partial charge in [-0.1, -0.05) is 24.3 Å². The predicted octanol–water partition coefficient (Wildman–Crippen LogP) is 3.70. The van der Waals surface area contributed by atoms with Gasteiger partial charge in [0.05, 0.1) is 24.0 Å². The largest absolute Gasteiger partial charge is 0.486 e. The number of rotatable bonds is 5. The Labute approximate surface area is 171 Å². The molecule has 30 heavy (non-hydrogen) atoms. The van der Waals surface area contributed by atoms with E-state index in [1.807, 2.05) is 47.1 Å². The highest BCUT2D eigenvalue weighted by molar-refractivity contribution is 5.97. The monoisotopic (exact) mass is 411 g/mol. The van der Waals surface area contributed by atoms with Gasteiger partial charge in [-0.25, -0.2) is 13.8 Å². The van der Waals surface area contributed by atoms with Crippen LogP contribution in [0.2, 0.25) is 0 Å². The number of fused-ring (bicyclic) bond motifs is 5. The molecule has 1 aliphatic heterocycles. The summed E-state index contributed by atoms with van der Waals surface area (Å²) in [6, 6.07) is 9.34. The molecular weight excluding hydrogens is 392 g/mol. The molecule has 7 nitrogen and oxygen atoms in total. The van der Waals surface area contributed by atoms with Crippen molar-refractivity contribution < 1.29 is 18.3 Å². The molecule has 0 fully saturated rings. The molecule has 0 N–H and O–H groups in total. The zero-order chi connectivity index (χ0) is 20.7. The van der Waals surface area contributed by atoms with Crippen LogP contribution in [0.25, 0.3) is 11.3 Å². The Balaban J connectivity index is 1.59. The molecule has 1 aliphatic carbocycles. The molecule has 3 heterocycles. The van der Waals surface area contributed by atoms with Gasteiger partial charge in [-0.3, -0.25) is 0 Å². The second-order valence-electron chi connectivity index (χ2n) is 7.05. The maximum Gasteiger partial charge on any atom is 0.282 e. The summed E-state index contributed by atoms with van der Waals surface area (Å²) in [5, 5.41) is 8.66. The fraction of sp³-hybridized carbons (Fsp3) is 0.286. The van der Waals surface area contributed by atoms with Crippen LogP contribution >= 0.6 is 0 Å². The van der Waals surface area contributed by atoms with Crippen molar-refractivity contribution in [2.75, 3.05) is 7.11 Å². The molecule has 0 spiro atoms. The number of halogens is 2. The van der Waals surface area contributed by atoms with Crippen molar-refractivity contribution in [3.05, 3.63) is 71.8 Å². The predicted molar refractivity (Wildman–Crippen MR) is 105 cm³/mol. The Bertz CT molecular complexity index is 1130. The van der Waals surface area contributed by atoms with E-state index in [2.05, 4.69) is 15.2 Å². The zero-order valence-corrected chi connectivity index (χ0v) is 16.2. The maximum atomic E-state index is 13.6. The van der Waals surface area contributed by atoms with E-state index in [-0.39, 0.29) is 24.9 Å². The fourth-order valence-corrected chi connectivity index (χ4v) is 3.81. The van der Waals surface area contributed by atoms with Gasteiger partial charge in [0.2, 0.25) is 0 Å². The van der Waals surface area contributed by atoms with Crippen LogP contribution in [0.1, 0.15) is 35.9 Å². The summed E-state index contributed by atoms with van der Waals surface area (Å²) in [6.45, 7) is 0.330. The van der Waals surface area contributed by atoms with Crippen LogP contribution in [0.15, 0.2) is 48.8 Å². The Kier molecular flexibility index (Phi) is 4.66. The van der Waals surface area contributed by atoms with Gasteiger partial charge in [-0.15, -0.1) is 10.2 Å². The van der Waals surface area contributed by atoms with Gasteiger partial charge in [0.1, 0.15) is 24.4 Å². The number of allylic oxidation sites excluding steroid dienone is 2. The van der Waals surface area contributed by atoms with E-state index in [0.717, 1.165) is 11.3 Å². The molecule has 2 aliphatic rings. The number of para-hydroxylation sites is 1. The van der Waals surface area contributed by atoms with E-state index in [0.29, 0.717) is 29.5 Å². The van der Waals surface area contributed by atoms with Gasteiger partial charge in [0.15, 0.2) is 11.6 Å². The minimum absolute atomic E-state index is 0.127. The summed E-state index contributed by atoms with van der Waals surface area (Å²) in [5.74, 6) is 1.83. The number of benzene rings is 1. The molecule has 0 saturated heterocycles. The maximum absolute atomic E-state index is 13.6. The van der Waals surface area contributed by atoms with Crippen LogP contribution in [0.5, 0.6) is 5.75 Å². The summed E-state index contributed by atoms with van der Waals surface area (Å²) in [6.07, 6.45) is 3.20. The van der Waals surface area contributed by atoms with Crippen LogP contribution < -0.4 is 4.74 Å². The molecule has 154 valence electrons. The first-order valence-electron chi connectivity index (χ1n) is 9.55. The van der Waals surface area contributed by atoms with E-state index < -0.39 is 6.43 Å². The number of ether oxygens (including phenoxy) is 2. The van der Waals surface area contributed by atoms with Crippen molar-refractivity contribution >= 4 is 11.3 Å². The van der Waals surface area contributed by atoms with Gasteiger partial charge >= 0.3 is 0 Å². The van der Waals surface area contributed by atoms with E-state index in [4.69, 9.17) is 9.47 Å². The number of nitrogens with zero attached hydrogens (tertiary/aromatic N) is 5. The molecule has 0 bridgehead atoms. The van der Waals surface area contributed by atoms with Crippen molar-refractivity contribution in [3.63, 3.8) is 0 Å². The van der Waals surface area contributed by atoms with E-state index >= 15 is 0 Å². The highest BCUT2D eigenvalue weighted by Gasteiger charge is 2.32. The number of methoxy groups -OCH3 is 1. The lowest BCUT2D eigenvalue weighted by Crippen LogP contribution is -2.14. The minimum atomic E-state index is -2.67. The summed E-state index contributed by atoms with van der Waals surface area (Å²) < 4.78 is 42.1. The third-order valence-electron chi connectivity index (χ3n) is 5.33. The van der Waals surface area contributed by atoms with Crippen LogP contribution in [0.4, 0.5) is 8.78 Å². The number of hydrogen-bond acceptors (Lipinski definition) is 5. The first-order valence-corrected chi connectivity index (χ1v) is 9.55. The molecule has 1 unspecified atom stereocenters. The van der Waals surface area contributed by atoms with Crippen molar-refractivity contribution in [3.8, 4) is 5.75 Å². The van der Waals surface area contributed by atoms with Crippen LogP contribution in [-0.4, -0.2) is 37.5 Å². The van der Waals surface area contributed by atoms with Gasteiger partial charge in [0, 0.05) is 12.7 Å². The lowest BCUT2D eigenvalue weighted by atomic mass is 10.0. The smallest absolute Gasteiger partial charge is 0.282 e. The third-order valence-corrected chi connectivity index (χ3v) is 5.33. The number of hydrogen-bond donors (Lipinski definition) is 0. The molecule has 3 aromatic rings. The molecule has 0 radical (unpaired) electrons. The quantitative estimate of drug-likeness (QED) is 0.641. The molecule has 9 heteroatoms. The van der Waals surface area contributed by atoms with Gasteiger partial charge in [-0.2, -0.15) is 0 Å². The lowest BCUT2D eigenvalue weighted by molar-refractivity contribution is 0.143. The fourth-order valence-electron chi connectivity index (χ4n) is 3.81. The third kappa shape index (κ3) is 3.11. The highest BCUT2D eigenvalue weighted by Crippen LogP contribution is 2.38. The van der Waals surface area contributed by atoms with Crippen molar-refractivity contribution in [2.24, 2.45) is 0 Å². The normalized spacial score (nSPS) is 17.5. The summed E-state index contributed by atoms with van der Waals surface area (Å²) in [5.41, 5.74) is 1.72. The minimum Gasteiger partial charge on any atom is -0.486 e. The van der Waals surface area contributed by atoms with Crippen molar-refractivity contribution in [1.82, 2.24) is 24.3 Å². The van der Waals surface area contributed by atoms with Crippen molar-refractivity contribution in [1.29, 1.82) is 0 Å². The molecule has 0 saturated carbocycles. The standard InChI is InChI=1S/C21H19F2N5O2/c1-29-14-7-8-16-15(9-14)21-26-25-18(11-30-13-5-3-2-4-6-13)27(21)10-17-19(20(22)23)24-12-28(16)17/h2-6,8-9,12,14,20H,7,10-11H2,1H3. The summed E-state index contributed by atoms with van der Waals surface area (Å²) >= 11 is 0. The number of aromatic nitrogens is 5. The summed E-state index contributed by atoms with van der Waals surface area (Å²) in [7, 11) is 1.64. The second kappa shape index (κ2) is 7.49. The summed E-state index contributed by atoms with van der Waals surface area (Å²) in [4.78, 5) is 3.98. The topological polar surface area (TPSA) is 67.0 Å². The van der Waals surface area contributed by atoms with Crippen molar-refractivity contribution in [2.45, 2.75) is 32.1 Å². The van der Waals surface area contributed by atoms with Gasteiger partial charge < -0.3 is 18.6 Å². The number of imidazole rings is 1. The van der Waals surface area contributed by atoms with Crippen LogP contribution in [0, 0.1) is 0 Å². The average molecular weight is 411 g/mol. The molecule has 1 atom stereocenters. The lowest BCUT2D eigenvalue weighted by Gasteiger charge is -2.20. The molecule has 1 aromatic carbocycles. The molecular formula is C21H19F2N5O2.